The summed E-state index contributed by atoms with van der Waals surface area (Å²) in [5.41, 5.74) is 0. The van der Waals surface area contributed by atoms with Gasteiger partial charge in [-0.25, -0.2) is 0 Å². The molecule has 1 aliphatic rings. The van der Waals surface area contributed by atoms with Crippen molar-refractivity contribution in [3.63, 3.8) is 0 Å². The summed E-state index contributed by atoms with van der Waals surface area (Å²) < 4.78 is 0. The third-order valence-electron chi connectivity index (χ3n) is 4.56. The van der Waals surface area contributed by atoms with E-state index in [2.05, 4.69) is 37.9 Å². The minimum Gasteiger partial charge on any atom is -0.313 e. The van der Waals surface area contributed by atoms with Gasteiger partial charge in [0.15, 0.2) is 0 Å². The van der Waals surface area contributed by atoms with Crippen LogP contribution in [0.25, 0.3) is 0 Å². The SMILES string of the molecule is CCCCC1CC(NCCC(C)C)CN(CCCC)C1. The number of nitrogens with zero attached hydrogens (tertiary/aromatic N) is 1. The van der Waals surface area contributed by atoms with Gasteiger partial charge >= 0.3 is 0 Å². The summed E-state index contributed by atoms with van der Waals surface area (Å²) in [5, 5.41) is 3.82. The van der Waals surface area contributed by atoms with Crippen LogP contribution in [0.15, 0.2) is 0 Å². The first-order valence-corrected chi connectivity index (χ1v) is 9.11. The molecule has 2 nitrogen and oxygen atoms in total. The maximum Gasteiger partial charge on any atom is 0.0198 e. The monoisotopic (exact) mass is 282 g/mol. The molecule has 0 aromatic carbocycles. The molecule has 1 aliphatic heterocycles. The number of nitrogens with one attached hydrogen (secondary N) is 1. The molecule has 0 aromatic rings. The van der Waals surface area contributed by atoms with Crippen molar-refractivity contribution < 1.29 is 0 Å². The fourth-order valence-electron chi connectivity index (χ4n) is 3.29. The van der Waals surface area contributed by atoms with Crippen LogP contribution in [0.3, 0.4) is 0 Å². The summed E-state index contributed by atoms with van der Waals surface area (Å²) >= 11 is 0. The highest BCUT2D eigenvalue weighted by Gasteiger charge is 2.26. The molecule has 1 heterocycles. The summed E-state index contributed by atoms with van der Waals surface area (Å²) in [5.74, 6) is 1.75. The molecular weight excluding hydrogens is 244 g/mol. The third-order valence-corrected chi connectivity index (χ3v) is 4.56. The Balaban J connectivity index is 2.37. The second kappa shape index (κ2) is 10.6. The van der Waals surface area contributed by atoms with Crippen LogP contribution in [0.5, 0.6) is 0 Å². The molecule has 0 radical (unpaired) electrons. The molecule has 0 spiro atoms. The number of hydrogen-bond donors (Lipinski definition) is 1. The Hall–Kier alpha value is -0.0800. The molecular formula is C18H38N2. The average molecular weight is 283 g/mol. The molecule has 0 saturated carbocycles. The van der Waals surface area contributed by atoms with Crippen LogP contribution in [-0.2, 0) is 0 Å². The molecule has 0 aromatic heterocycles. The van der Waals surface area contributed by atoms with Crippen LogP contribution < -0.4 is 5.32 Å². The molecule has 2 unspecified atom stereocenters. The van der Waals surface area contributed by atoms with E-state index in [1.807, 2.05) is 0 Å². The second-order valence-corrected chi connectivity index (χ2v) is 7.19. The number of hydrogen-bond acceptors (Lipinski definition) is 2. The second-order valence-electron chi connectivity index (χ2n) is 7.19. The Kier molecular flexibility index (Phi) is 9.54. The highest BCUT2D eigenvalue weighted by atomic mass is 15.2. The van der Waals surface area contributed by atoms with E-state index < -0.39 is 0 Å². The van der Waals surface area contributed by atoms with E-state index in [9.17, 15) is 0 Å². The Bertz CT molecular complexity index is 211. The number of unbranched alkanes of at least 4 members (excludes halogenated alkanes) is 2. The lowest BCUT2D eigenvalue weighted by Gasteiger charge is -2.38. The zero-order chi connectivity index (χ0) is 14.8. The summed E-state index contributed by atoms with van der Waals surface area (Å²) in [6, 6.07) is 0.737. The Morgan fingerprint density at radius 2 is 1.85 bits per heavy atom. The van der Waals surface area contributed by atoms with Gasteiger partial charge in [0.25, 0.3) is 0 Å². The molecule has 2 heteroatoms. The van der Waals surface area contributed by atoms with Gasteiger partial charge in [-0.05, 0) is 50.6 Å². The van der Waals surface area contributed by atoms with Gasteiger partial charge in [-0.3, -0.25) is 0 Å². The topological polar surface area (TPSA) is 15.3 Å². The van der Waals surface area contributed by atoms with E-state index in [1.54, 1.807) is 0 Å². The number of likely N-dealkylation sites (tertiary alicyclic amines) is 1. The predicted molar refractivity (Wildman–Crippen MR) is 90.2 cm³/mol. The first-order chi connectivity index (χ1) is 9.65. The zero-order valence-electron chi connectivity index (χ0n) is 14.5. The largest absolute Gasteiger partial charge is 0.313 e. The summed E-state index contributed by atoms with van der Waals surface area (Å²) in [4.78, 5) is 2.72. The van der Waals surface area contributed by atoms with Gasteiger partial charge in [0.05, 0.1) is 0 Å². The van der Waals surface area contributed by atoms with E-state index in [0.29, 0.717) is 0 Å². The molecule has 1 rings (SSSR count). The quantitative estimate of drug-likeness (QED) is 0.642. The fraction of sp³-hybridized carbons (Fsp3) is 1.00. The highest BCUT2D eigenvalue weighted by Crippen LogP contribution is 2.22. The van der Waals surface area contributed by atoms with Gasteiger partial charge in [0, 0.05) is 19.1 Å². The van der Waals surface area contributed by atoms with E-state index in [0.717, 1.165) is 17.9 Å². The van der Waals surface area contributed by atoms with Crippen molar-refractivity contribution in [1.82, 2.24) is 10.2 Å². The van der Waals surface area contributed by atoms with Crippen molar-refractivity contribution >= 4 is 0 Å². The predicted octanol–water partition coefficient (Wildman–Crippen LogP) is 4.30. The first-order valence-electron chi connectivity index (χ1n) is 9.11. The van der Waals surface area contributed by atoms with Crippen molar-refractivity contribution in [2.75, 3.05) is 26.2 Å². The lowest BCUT2D eigenvalue weighted by molar-refractivity contribution is 0.132. The molecule has 120 valence electrons. The fourth-order valence-corrected chi connectivity index (χ4v) is 3.29. The molecule has 0 aliphatic carbocycles. The van der Waals surface area contributed by atoms with Crippen LogP contribution in [0.4, 0.5) is 0 Å². The minimum atomic E-state index is 0.737. The minimum absolute atomic E-state index is 0.737. The van der Waals surface area contributed by atoms with Crippen molar-refractivity contribution in [2.45, 2.75) is 78.7 Å². The molecule has 20 heavy (non-hydrogen) atoms. The van der Waals surface area contributed by atoms with Crippen LogP contribution in [0, 0.1) is 11.8 Å². The van der Waals surface area contributed by atoms with Crippen molar-refractivity contribution in [1.29, 1.82) is 0 Å². The maximum absolute atomic E-state index is 3.82. The summed E-state index contributed by atoms with van der Waals surface area (Å²) in [6.07, 6.45) is 9.58. The number of piperidine rings is 1. The first kappa shape index (κ1) is 18.0. The lowest BCUT2D eigenvalue weighted by atomic mass is 9.89. The van der Waals surface area contributed by atoms with Crippen molar-refractivity contribution in [2.24, 2.45) is 11.8 Å². The Morgan fingerprint density at radius 3 is 2.50 bits per heavy atom. The smallest absolute Gasteiger partial charge is 0.0198 e. The van der Waals surface area contributed by atoms with E-state index in [-0.39, 0.29) is 0 Å². The van der Waals surface area contributed by atoms with Gasteiger partial charge in [0.1, 0.15) is 0 Å². The highest BCUT2D eigenvalue weighted by molar-refractivity contribution is 4.83. The molecule has 1 N–H and O–H groups in total. The molecule has 0 bridgehead atoms. The Labute approximate surface area is 127 Å². The van der Waals surface area contributed by atoms with Gasteiger partial charge < -0.3 is 10.2 Å². The zero-order valence-corrected chi connectivity index (χ0v) is 14.5. The van der Waals surface area contributed by atoms with E-state index in [4.69, 9.17) is 0 Å². The van der Waals surface area contributed by atoms with Crippen molar-refractivity contribution in [3.8, 4) is 0 Å². The average Bonchev–Trinajstić information content (AvgIpc) is 2.42. The standard InChI is InChI=1S/C18H38N2/c1-5-7-9-17-13-18(19-11-10-16(3)4)15-20(14-17)12-8-6-2/h16-19H,5-15H2,1-4H3. The molecule has 1 fully saturated rings. The number of rotatable bonds is 10. The molecule has 0 amide bonds. The van der Waals surface area contributed by atoms with Gasteiger partial charge in [-0.2, -0.15) is 0 Å². The maximum atomic E-state index is 3.82. The van der Waals surface area contributed by atoms with Gasteiger partial charge in [-0.1, -0.05) is 47.0 Å². The van der Waals surface area contributed by atoms with Gasteiger partial charge in [-0.15, -0.1) is 0 Å². The lowest BCUT2D eigenvalue weighted by Crippen LogP contribution is -2.49. The normalized spacial score (nSPS) is 24.4. The molecule has 1 saturated heterocycles. The Morgan fingerprint density at radius 1 is 1.10 bits per heavy atom. The summed E-state index contributed by atoms with van der Waals surface area (Å²) in [7, 11) is 0. The van der Waals surface area contributed by atoms with Crippen LogP contribution in [-0.4, -0.2) is 37.1 Å². The van der Waals surface area contributed by atoms with Crippen LogP contribution in [0.1, 0.15) is 72.6 Å². The molecule has 2 atom stereocenters. The van der Waals surface area contributed by atoms with E-state index in [1.165, 1.54) is 71.1 Å². The summed E-state index contributed by atoms with van der Waals surface area (Å²) in [6.45, 7) is 14.4. The van der Waals surface area contributed by atoms with Crippen LogP contribution in [0.2, 0.25) is 0 Å². The van der Waals surface area contributed by atoms with Gasteiger partial charge in [0.2, 0.25) is 0 Å². The third kappa shape index (κ3) is 7.64. The van der Waals surface area contributed by atoms with E-state index >= 15 is 0 Å². The van der Waals surface area contributed by atoms with Crippen LogP contribution >= 0.6 is 0 Å². The van der Waals surface area contributed by atoms with Crippen molar-refractivity contribution in [3.05, 3.63) is 0 Å².